The van der Waals surface area contributed by atoms with E-state index in [2.05, 4.69) is 20.0 Å². The number of benzene rings is 1. The zero-order valence-electron chi connectivity index (χ0n) is 16.9. The summed E-state index contributed by atoms with van der Waals surface area (Å²) >= 11 is 0. The molecule has 0 bridgehead atoms. The van der Waals surface area contributed by atoms with Gasteiger partial charge in [-0.3, -0.25) is 9.78 Å². The van der Waals surface area contributed by atoms with E-state index in [1.807, 2.05) is 11.0 Å². The van der Waals surface area contributed by atoms with Crippen molar-refractivity contribution in [3.8, 4) is 16.9 Å². The maximum absolute atomic E-state index is 12.7. The number of rotatable bonds is 5. The fraction of sp³-hybridized carbons (Fsp3) is 0.227. The first-order chi connectivity index (χ1) is 15.1. The number of carbonyl (C=O) groups is 1. The summed E-state index contributed by atoms with van der Waals surface area (Å²) in [5.74, 6) is -0.241. The Hall–Kier alpha value is -3.66. The standard InChI is InChI=1S/C22H19F3N4O3/c1-21(31)12-29(13-21)19-18(14-3-2-8-26-10-14)9-15(11-27-19)20(30)28-16-4-6-17(7-5-16)32-22(23,24)25/h2-11,31H,12-13H2,1H3,(H,28,30). The van der Waals surface area contributed by atoms with Gasteiger partial charge in [0.1, 0.15) is 11.6 Å². The van der Waals surface area contributed by atoms with E-state index >= 15 is 0 Å². The topological polar surface area (TPSA) is 87.6 Å². The Morgan fingerprint density at radius 1 is 1.19 bits per heavy atom. The molecule has 10 heteroatoms. The fourth-order valence-corrected chi connectivity index (χ4v) is 3.44. The number of ether oxygens (including phenoxy) is 1. The molecule has 0 unspecified atom stereocenters. The molecule has 0 saturated carbocycles. The Labute approximate surface area is 181 Å². The number of hydrogen-bond donors (Lipinski definition) is 2. The molecule has 0 radical (unpaired) electrons. The van der Waals surface area contributed by atoms with Crippen molar-refractivity contribution >= 4 is 17.4 Å². The van der Waals surface area contributed by atoms with Gasteiger partial charge in [0.25, 0.3) is 5.91 Å². The van der Waals surface area contributed by atoms with Crippen molar-refractivity contribution in [1.82, 2.24) is 9.97 Å². The van der Waals surface area contributed by atoms with E-state index in [0.29, 0.717) is 30.2 Å². The summed E-state index contributed by atoms with van der Waals surface area (Å²) in [6.45, 7) is 2.55. The molecule has 2 N–H and O–H groups in total. The van der Waals surface area contributed by atoms with Crippen LogP contribution >= 0.6 is 0 Å². The van der Waals surface area contributed by atoms with Gasteiger partial charge < -0.3 is 20.1 Å². The van der Waals surface area contributed by atoms with Crippen molar-refractivity contribution in [2.24, 2.45) is 0 Å². The molecule has 1 aliphatic rings. The number of carbonyl (C=O) groups excluding carboxylic acids is 1. The number of alkyl halides is 3. The SMILES string of the molecule is CC1(O)CN(c2ncc(C(=O)Nc3ccc(OC(F)(F)F)cc3)cc2-c2cccnc2)C1. The highest BCUT2D eigenvalue weighted by atomic mass is 19.4. The zero-order chi connectivity index (χ0) is 22.9. The molecule has 2 aromatic heterocycles. The van der Waals surface area contributed by atoms with Gasteiger partial charge >= 0.3 is 6.36 Å². The van der Waals surface area contributed by atoms with Crippen molar-refractivity contribution < 1.29 is 27.8 Å². The zero-order valence-corrected chi connectivity index (χ0v) is 16.9. The van der Waals surface area contributed by atoms with E-state index in [0.717, 1.165) is 17.7 Å². The van der Waals surface area contributed by atoms with Crippen molar-refractivity contribution in [3.63, 3.8) is 0 Å². The molecule has 3 heterocycles. The average Bonchev–Trinajstić information content (AvgIpc) is 2.72. The summed E-state index contributed by atoms with van der Waals surface area (Å²) in [6.07, 6.45) is -0.0866. The largest absolute Gasteiger partial charge is 0.573 e. The molecule has 166 valence electrons. The number of aliphatic hydroxyl groups is 1. The number of β-amino-alcohol motifs (C(OH)–C–C–N with tert-alkyl or cyclic N) is 1. The first-order valence-electron chi connectivity index (χ1n) is 9.65. The second kappa shape index (κ2) is 8.12. The molecular formula is C22H19F3N4O3. The number of halogens is 3. The lowest BCUT2D eigenvalue weighted by Gasteiger charge is -2.45. The Balaban J connectivity index is 1.56. The first kappa shape index (κ1) is 21.6. The van der Waals surface area contributed by atoms with Crippen molar-refractivity contribution in [2.45, 2.75) is 18.9 Å². The lowest BCUT2D eigenvalue weighted by atomic mass is 9.95. The lowest BCUT2D eigenvalue weighted by molar-refractivity contribution is -0.274. The number of anilines is 2. The van der Waals surface area contributed by atoms with Crippen LogP contribution in [0, 0.1) is 0 Å². The van der Waals surface area contributed by atoms with Gasteiger partial charge in [-0.15, -0.1) is 13.2 Å². The molecule has 0 spiro atoms. The van der Waals surface area contributed by atoms with Crippen molar-refractivity contribution in [1.29, 1.82) is 0 Å². The quantitative estimate of drug-likeness (QED) is 0.621. The molecular weight excluding hydrogens is 425 g/mol. The maximum Gasteiger partial charge on any atom is 0.573 e. The predicted molar refractivity (Wildman–Crippen MR) is 111 cm³/mol. The summed E-state index contributed by atoms with van der Waals surface area (Å²) < 4.78 is 40.7. The maximum atomic E-state index is 12.7. The van der Waals surface area contributed by atoms with Crippen LogP contribution in [0.1, 0.15) is 17.3 Å². The van der Waals surface area contributed by atoms with Crippen molar-refractivity contribution in [2.75, 3.05) is 23.3 Å². The highest BCUT2D eigenvalue weighted by molar-refractivity contribution is 6.05. The summed E-state index contributed by atoms with van der Waals surface area (Å²) in [5.41, 5.74) is 1.19. The third-order valence-electron chi connectivity index (χ3n) is 4.81. The molecule has 1 amide bonds. The number of hydrogen-bond acceptors (Lipinski definition) is 6. The summed E-state index contributed by atoms with van der Waals surface area (Å²) in [7, 11) is 0. The number of amides is 1. The number of nitrogens with zero attached hydrogens (tertiary/aromatic N) is 3. The minimum Gasteiger partial charge on any atom is -0.406 e. The van der Waals surface area contributed by atoms with Gasteiger partial charge in [-0.2, -0.15) is 0 Å². The number of pyridine rings is 2. The van der Waals surface area contributed by atoms with E-state index in [1.165, 1.54) is 18.3 Å². The van der Waals surface area contributed by atoms with E-state index in [9.17, 15) is 23.1 Å². The third-order valence-corrected chi connectivity index (χ3v) is 4.81. The number of nitrogens with one attached hydrogen (secondary N) is 1. The van der Waals surface area contributed by atoms with Crippen LogP contribution in [0.25, 0.3) is 11.1 Å². The van der Waals surface area contributed by atoms with Crippen LogP contribution in [0.15, 0.2) is 61.1 Å². The van der Waals surface area contributed by atoms with Crippen LogP contribution in [-0.4, -0.2) is 46.0 Å². The Morgan fingerprint density at radius 2 is 1.91 bits per heavy atom. The van der Waals surface area contributed by atoms with Gasteiger partial charge in [-0.25, -0.2) is 4.98 Å². The minimum atomic E-state index is -4.79. The Bertz CT molecular complexity index is 1110. The molecule has 3 aromatic rings. The minimum absolute atomic E-state index is 0.260. The van der Waals surface area contributed by atoms with Gasteiger partial charge in [0.15, 0.2) is 0 Å². The van der Waals surface area contributed by atoms with E-state index < -0.39 is 17.9 Å². The lowest BCUT2D eigenvalue weighted by Crippen LogP contribution is -2.60. The van der Waals surface area contributed by atoms with Gasteiger partial charge in [0, 0.05) is 48.5 Å². The van der Waals surface area contributed by atoms with Gasteiger partial charge in [-0.1, -0.05) is 6.07 Å². The van der Waals surface area contributed by atoms with Crippen LogP contribution in [0.2, 0.25) is 0 Å². The molecule has 4 rings (SSSR count). The molecule has 1 aliphatic heterocycles. The van der Waals surface area contributed by atoms with E-state index in [-0.39, 0.29) is 11.3 Å². The molecule has 1 aromatic carbocycles. The summed E-state index contributed by atoms with van der Waals surface area (Å²) in [4.78, 5) is 23.2. The van der Waals surface area contributed by atoms with Gasteiger partial charge in [-0.05, 0) is 43.3 Å². The third kappa shape index (κ3) is 4.97. The number of aromatic nitrogens is 2. The fourth-order valence-electron chi connectivity index (χ4n) is 3.44. The van der Waals surface area contributed by atoms with E-state index in [4.69, 9.17) is 0 Å². The van der Waals surface area contributed by atoms with Crippen LogP contribution in [0.5, 0.6) is 5.75 Å². The smallest absolute Gasteiger partial charge is 0.406 e. The summed E-state index contributed by atoms with van der Waals surface area (Å²) in [6, 6.07) is 10.1. The Kier molecular flexibility index (Phi) is 5.47. The predicted octanol–water partition coefficient (Wildman–Crippen LogP) is 3.87. The average molecular weight is 444 g/mol. The molecule has 32 heavy (non-hydrogen) atoms. The second-order valence-corrected chi connectivity index (χ2v) is 7.72. The van der Waals surface area contributed by atoms with Gasteiger partial charge in [0.05, 0.1) is 11.2 Å². The monoisotopic (exact) mass is 444 g/mol. The molecule has 1 fully saturated rings. The first-order valence-corrected chi connectivity index (χ1v) is 9.65. The molecule has 7 nitrogen and oxygen atoms in total. The molecule has 1 saturated heterocycles. The van der Waals surface area contributed by atoms with Crippen LogP contribution in [0.4, 0.5) is 24.7 Å². The van der Waals surface area contributed by atoms with Crippen LogP contribution in [-0.2, 0) is 0 Å². The normalized spacial score (nSPS) is 15.1. The van der Waals surface area contributed by atoms with E-state index in [1.54, 1.807) is 31.5 Å². The van der Waals surface area contributed by atoms with Gasteiger partial charge in [0.2, 0.25) is 0 Å². The highest BCUT2D eigenvalue weighted by Crippen LogP contribution is 2.34. The Morgan fingerprint density at radius 3 is 2.50 bits per heavy atom. The highest BCUT2D eigenvalue weighted by Gasteiger charge is 2.38. The van der Waals surface area contributed by atoms with Crippen LogP contribution in [0.3, 0.4) is 0 Å². The molecule has 0 aliphatic carbocycles. The van der Waals surface area contributed by atoms with Crippen molar-refractivity contribution in [3.05, 3.63) is 66.6 Å². The molecule has 0 atom stereocenters. The second-order valence-electron chi connectivity index (χ2n) is 7.72. The van der Waals surface area contributed by atoms with Crippen LogP contribution < -0.4 is 15.0 Å². The summed E-state index contributed by atoms with van der Waals surface area (Å²) in [5, 5.41) is 12.7.